The van der Waals surface area contributed by atoms with Gasteiger partial charge in [0.1, 0.15) is 11.8 Å². The molecule has 2 heterocycles. The van der Waals surface area contributed by atoms with Crippen LogP contribution in [0.2, 0.25) is 0 Å². The Kier molecular flexibility index (Phi) is 2.28. The van der Waals surface area contributed by atoms with Crippen molar-refractivity contribution in [3.63, 3.8) is 0 Å². The lowest BCUT2D eigenvalue weighted by Gasteiger charge is -2.18. The van der Waals surface area contributed by atoms with Gasteiger partial charge < -0.3 is 10.3 Å². The Morgan fingerprint density at radius 1 is 1.35 bits per heavy atom. The first-order valence-electron chi connectivity index (χ1n) is 6.05. The number of rotatable bonds is 2. The number of aromatic nitrogens is 4. The van der Waals surface area contributed by atoms with Crippen molar-refractivity contribution in [1.82, 2.24) is 19.9 Å². The molecule has 0 radical (unpaired) electrons. The molecule has 5 nitrogen and oxygen atoms in total. The summed E-state index contributed by atoms with van der Waals surface area (Å²) in [5, 5.41) is 3.50. The predicted molar refractivity (Wildman–Crippen MR) is 66.7 cm³/mol. The fourth-order valence-corrected chi connectivity index (χ4v) is 2.63. The lowest BCUT2D eigenvalue weighted by atomic mass is 9.92. The van der Waals surface area contributed by atoms with Gasteiger partial charge in [-0.2, -0.15) is 0 Å². The minimum absolute atomic E-state index is 0.442. The van der Waals surface area contributed by atoms with Crippen molar-refractivity contribution in [3.05, 3.63) is 12.7 Å². The van der Waals surface area contributed by atoms with Crippen LogP contribution >= 0.6 is 0 Å². The van der Waals surface area contributed by atoms with Gasteiger partial charge in [-0.1, -0.05) is 13.8 Å². The van der Waals surface area contributed by atoms with Crippen LogP contribution in [-0.4, -0.2) is 26.0 Å². The zero-order chi connectivity index (χ0) is 11.9. The standard InChI is InChI=1S/C12H17N5/c1-12(2)4-3-8(5-12)17-11-9-10(14-6-13-9)15-7-16-11/h6-8H,3-5H2,1-2H3,(H2,13,14,15,16,17). The molecule has 2 N–H and O–H groups in total. The zero-order valence-electron chi connectivity index (χ0n) is 10.2. The Hall–Kier alpha value is -1.65. The van der Waals surface area contributed by atoms with Gasteiger partial charge in [-0.3, -0.25) is 0 Å². The molecular formula is C12H17N5. The van der Waals surface area contributed by atoms with Crippen molar-refractivity contribution in [1.29, 1.82) is 0 Å². The maximum atomic E-state index is 4.30. The Bertz CT molecular complexity index is 530. The minimum Gasteiger partial charge on any atom is -0.365 e. The highest BCUT2D eigenvalue weighted by Gasteiger charge is 2.31. The van der Waals surface area contributed by atoms with Gasteiger partial charge in [-0.25, -0.2) is 15.0 Å². The van der Waals surface area contributed by atoms with Crippen molar-refractivity contribution < 1.29 is 0 Å². The quantitative estimate of drug-likeness (QED) is 0.832. The van der Waals surface area contributed by atoms with Crippen LogP contribution in [0.4, 0.5) is 5.82 Å². The van der Waals surface area contributed by atoms with E-state index in [-0.39, 0.29) is 0 Å². The number of H-pyrrole nitrogens is 1. The summed E-state index contributed by atoms with van der Waals surface area (Å²) in [6.45, 7) is 4.64. The number of fused-ring (bicyclic) bond motifs is 1. The molecular weight excluding hydrogens is 214 g/mol. The lowest BCUT2D eigenvalue weighted by molar-refractivity contribution is 0.378. The van der Waals surface area contributed by atoms with Gasteiger partial charge in [0.15, 0.2) is 11.5 Å². The van der Waals surface area contributed by atoms with Gasteiger partial charge in [0.25, 0.3) is 0 Å². The lowest BCUT2D eigenvalue weighted by Crippen LogP contribution is -2.18. The Balaban J connectivity index is 1.84. The van der Waals surface area contributed by atoms with E-state index in [0.29, 0.717) is 11.5 Å². The van der Waals surface area contributed by atoms with Crippen LogP contribution < -0.4 is 5.32 Å². The number of anilines is 1. The zero-order valence-corrected chi connectivity index (χ0v) is 10.2. The van der Waals surface area contributed by atoms with E-state index in [2.05, 4.69) is 39.1 Å². The third-order valence-electron chi connectivity index (χ3n) is 3.53. The second-order valence-electron chi connectivity index (χ2n) is 5.57. The van der Waals surface area contributed by atoms with Crippen LogP contribution in [0.25, 0.3) is 11.2 Å². The molecule has 0 aliphatic heterocycles. The number of hydrogen-bond donors (Lipinski definition) is 2. The molecule has 0 saturated heterocycles. The molecule has 0 amide bonds. The molecule has 2 aromatic rings. The molecule has 5 heteroatoms. The summed E-state index contributed by atoms with van der Waals surface area (Å²) in [4.78, 5) is 15.6. The van der Waals surface area contributed by atoms with E-state index in [4.69, 9.17) is 0 Å². The van der Waals surface area contributed by atoms with Crippen molar-refractivity contribution in [2.75, 3.05) is 5.32 Å². The number of nitrogens with zero attached hydrogens (tertiary/aromatic N) is 3. The summed E-state index contributed by atoms with van der Waals surface area (Å²) >= 11 is 0. The minimum atomic E-state index is 0.442. The average Bonchev–Trinajstić information content (AvgIpc) is 2.85. The Morgan fingerprint density at radius 3 is 3.00 bits per heavy atom. The third-order valence-corrected chi connectivity index (χ3v) is 3.53. The van der Waals surface area contributed by atoms with Crippen LogP contribution in [0, 0.1) is 5.41 Å². The smallest absolute Gasteiger partial charge is 0.182 e. The average molecular weight is 231 g/mol. The molecule has 1 aliphatic carbocycles. The molecule has 0 spiro atoms. The normalized spacial score (nSPS) is 23.1. The molecule has 3 rings (SSSR count). The molecule has 0 aromatic carbocycles. The van der Waals surface area contributed by atoms with E-state index < -0.39 is 0 Å². The predicted octanol–water partition coefficient (Wildman–Crippen LogP) is 2.34. The van der Waals surface area contributed by atoms with Crippen LogP contribution in [0.1, 0.15) is 33.1 Å². The first-order valence-corrected chi connectivity index (χ1v) is 6.05. The van der Waals surface area contributed by atoms with Crippen molar-refractivity contribution >= 4 is 17.0 Å². The van der Waals surface area contributed by atoms with Crippen LogP contribution in [-0.2, 0) is 0 Å². The molecule has 2 aromatic heterocycles. The fraction of sp³-hybridized carbons (Fsp3) is 0.583. The summed E-state index contributed by atoms with van der Waals surface area (Å²) in [5.41, 5.74) is 2.06. The van der Waals surface area contributed by atoms with E-state index in [0.717, 1.165) is 17.0 Å². The van der Waals surface area contributed by atoms with Gasteiger partial charge in [0.2, 0.25) is 0 Å². The molecule has 1 aliphatic rings. The maximum absolute atomic E-state index is 4.30. The van der Waals surface area contributed by atoms with Crippen LogP contribution in [0.15, 0.2) is 12.7 Å². The topological polar surface area (TPSA) is 66.5 Å². The summed E-state index contributed by atoms with van der Waals surface area (Å²) in [6, 6.07) is 0.506. The van der Waals surface area contributed by atoms with Gasteiger partial charge in [-0.15, -0.1) is 0 Å². The molecule has 17 heavy (non-hydrogen) atoms. The Labute approximate surface area is 100 Å². The van der Waals surface area contributed by atoms with Gasteiger partial charge >= 0.3 is 0 Å². The molecule has 1 unspecified atom stereocenters. The van der Waals surface area contributed by atoms with E-state index in [1.54, 1.807) is 12.7 Å². The first kappa shape index (κ1) is 10.5. The molecule has 90 valence electrons. The van der Waals surface area contributed by atoms with E-state index in [1.165, 1.54) is 19.3 Å². The van der Waals surface area contributed by atoms with Crippen molar-refractivity contribution in [3.8, 4) is 0 Å². The van der Waals surface area contributed by atoms with E-state index in [1.807, 2.05) is 0 Å². The largest absolute Gasteiger partial charge is 0.365 e. The first-order chi connectivity index (χ1) is 8.14. The number of imidazole rings is 1. The van der Waals surface area contributed by atoms with E-state index >= 15 is 0 Å². The van der Waals surface area contributed by atoms with Gasteiger partial charge in [0.05, 0.1) is 6.33 Å². The summed E-state index contributed by atoms with van der Waals surface area (Å²) in [7, 11) is 0. The highest BCUT2D eigenvalue weighted by molar-refractivity contribution is 5.82. The summed E-state index contributed by atoms with van der Waals surface area (Å²) < 4.78 is 0. The second kappa shape index (κ2) is 3.68. The number of aromatic amines is 1. The van der Waals surface area contributed by atoms with Crippen molar-refractivity contribution in [2.45, 2.75) is 39.2 Å². The summed E-state index contributed by atoms with van der Waals surface area (Å²) in [5.74, 6) is 0.871. The number of nitrogens with one attached hydrogen (secondary N) is 2. The molecule has 0 bridgehead atoms. The highest BCUT2D eigenvalue weighted by atomic mass is 15.1. The third kappa shape index (κ3) is 1.97. The SMILES string of the molecule is CC1(C)CCC(Nc2ncnc3nc[nH]c23)C1. The molecule has 1 fully saturated rings. The fourth-order valence-electron chi connectivity index (χ4n) is 2.63. The monoisotopic (exact) mass is 231 g/mol. The summed E-state index contributed by atoms with van der Waals surface area (Å²) in [6.07, 6.45) is 6.87. The Morgan fingerprint density at radius 2 is 2.24 bits per heavy atom. The van der Waals surface area contributed by atoms with Crippen LogP contribution in [0.3, 0.4) is 0 Å². The van der Waals surface area contributed by atoms with Gasteiger partial charge in [-0.05, 0) is 24.7 Å². The van der Waals surface area contributed by atoms with Crippen molar-refractivity contribution in [2.24, 2.45) is 5.41 Å². The van der Waals surface area contributed by atoms with Gasteiger partial charge in [0, 0.05) is 6.04 Å². The highest BCUT2D eigenvalue weighted by Crippen LogP contribution is 2.38. The second-order valence-corrected chi connectivity index (χ2v) is 5.57. The van der Waals surface area contributed by atoms with E-state index in [9.17, 15) is 0 Å². The number of hydrogen-bond acceptors (Lipinski definition) is 4. The van der Waals surface area contributed by atoms with Crippen LogP contribution in [0.5, 0.6) is 0 Å². The molecule has 1 saturated carbocycles. The maximum Gasteiger partial charge on any atom is 0.182 e. The molecule has 1 atom stereocenters.